The first-order valence-corrected chi connectivity index (χ1v) is 6.56. The number of furan rings is 1. The summed E-state index contributed by atoms with van der Waals surface area (Å²) in [5, 5.41) is 6.81. The quantitative estimate of drug-likeness (QED) is 0.941. The van der Waals surface area contributed by atoms with Gasteiger partial charge in [0.05, 0.1) is 19.4 Å². The van der Waals surface area contributed by atoms with Crippen LogP contribution in [-0.4, -0.2) is 15.3 Å². The molecule has 0 unspecified atom stereocenters. The number of hydrogen-bond donors (Lipinski definition) is 1. The molecule has 0 amide bonds. The first kappa shape index (κ1) is 15.6. The minimum atomic E-state index is -4.42. The average molecular weight is 301 g/mol. The molecule has 0 fully saturated rings. The minimum absolute atomic E-state index is 0.0702. The Labute approximate surface area is 120 Å². The highest BCUT2D eigenvalue weighted by molar-refractivity contribution is 5.18. The summed E-state index contributed by atoms with van der Waals surface area (Å²) in [6.07, 6.45) is -1.57. The second kappa shape index (κ2) is 5.55. The first-order chi connectivity index (χ1) is 9.65. The Bertz CT molecular complexity index is 593. The van der Waals surface area contributed by atoms with Gasteiger partial charge in [0.25, 0.3) is 0 Å². The van der Waals surface area contributed by atoms with Gasteiger partial charge in [0.15, 0.2) is 5.69 Å². The molecular weight excluding hydrogens is 283 g/mol. The van der Waals surface area contributed by atoms with Crippen molar-refractivity contribution in [3.8, 4) is 0 Å². The fourth-order valence-corrected chi connectivity index (χ4v) is 1.78. The lowest BCUT2D eigenvalue weighted by Crippen LogP contribution is -2.35. The first-order valence-electron chi connectivity index (χ1n) is 6.56. The average Bonchev–Trinajstić information content (AvgIpc) is 2.94. The Morgan fingerprint density at radius 1 is 1.24 bits per heavy atom. The monoisotopic (exact) mass is 301 g/mol. The maximum absolute atomic E-state index is 12.5. The fourth-order valence-electron chi connectivity index (χ4n) is 1.78. The van der Waals surface area contributed by atoms with Gasteiger partial charge in [-0.25, -0.2) is 0 Å². The van der Waals surface area contributed by atoms with Crippen molar-refractivity contribution < 1.29 is 17.6 Å². The van der Waals surface area contributed by atoms with Crippen molar-refractivity contribution in [3.05, 3.63) is 41.6 Å². The molecule has 7 heteroatoms. The molecule has 0 aliphatic rings. The van der Waals surface area contributed by atoms with Crippen LogP contribution in [0.5, 0.6) is 0 Å². The van der Waals surface area contributed by atoms with E-state index < -0.39 is 11.9 Å². The molecule has 0 atom stereocenters. The van der Waals surface area contributed by atoms with Crippen LogP contribution in [-0.2, 0) is 19.3 Å². The van der Waals surface area contributed by atoms with Crippen LogP contribution in [0.3, 0.4) is 0 Å². The summed E-state index contributed by atoms with van der Waals surface area (Å²) in [5.74, 6) is 0.703. The van der Waals surface area contributed by atoms with E-state index in [0.29, 0.717) is 12.3 Å². The molecule has 2 rings (SSSR count). The number of nitrogens with zero attached hydrogens (tertiary/aromatic N) is 2. The largest absolute Gasteiger partial charge is 0.468 e. The number of aromatic nitrogens is 2. The fraction of sp³-hybridized carbons (Fsp3) is 0.500. The van der Waals surface area contributed by atoms with E-state index >= 15 is 0 Å². The molecule has 2 aromatic heterocycles. The number of alkyl halides is 3. The number of halogens is 3. The Kier molecular flexibility index (Phi) is 4.13. The van der Waals surface area contributed by atoms with Crippen LogP contribution in [0.15, 0.2) is 29.0 Å². The number of nitrogens with one attached hydrogen (secondary N) is 1. The maximum Gasteiger partial charge on any atom is 0.435 e. The van der Waals surface area contributed by atoms with Crippen molar-refractivity contribution in [3.63, 3.8) is 0 Å². The third-order valence-electron chi connectivity index (χ3n) is 2.88. The predicted octanol–water partition coefficient (Wildman–Crippen LogP) is 3.43. The smallest absolute Gasteiger partial charge is 0.435 e. The van der Waals surface area contributed by atoms with Crippen LogP contribution in [0.2, 0.25) is 0 Å². The standard InChI is InChI=1S/C14H18F3N3O/c1-13(2,3)18-8-11-10(5-7-21-11)9-20-6-4-12(19-20)14(15,16)17/h4-7,18H,8-9H2,1-3H3. The maximum atomic E-state index is 12.5. The summed E-state index contributed by atoms with van der Waals surface area (Å²) < 4.78 is 44.2. The third kappa shape index (κ3) is 4.35. The van der Waals surface area contributed by atoms with Crippen molar-refractivity contribution in [1.29, 1.82) is 0 Å². The molecule has 0 spiro atoms. The lowest BCUT2D eigenvalue weighted by atomic mass is 10.1. The van der Waals surface area contributed by atoms with Gasteiger partial charge < -0.3 is 9.73 Å². The predicted molar refractivity (Wildman–Crippen MR) is 71.6 cm³/mol. The van der Waals surface area contributed by atoms with E-state index in [1.807, 2.05) is 20.8 Å². The second-order valence-corrected chi connectivity index (χ2v) is 5.87. The molecule has 0 aliphatic carbocycles. The summed E-state index contributed by atoms with van der Waals surface area (Å²) in [7, 11) is 0. The highest BCUT2D eigenvalue weighted by Crippen LogP contribution is 2.27. The zero-order chi connectivity index (χ0) is 15.7. The van der Waals surface area contributed by atoms with E-state index in [2.05, 4.69) is 10.4 Å². The summed E-state index contributed by atoms with van der Waals surface area (Å²) in [6.45, 7) is 6.84. The molecule has 4 nitrogen and oxygen atoms in total. The molecule has 0 bridgehead atoms. The van der Waals surface area contributed by atoms with Gasteiger partial charge in [-0.05, 0) is 32.9 Å². The van der Waals surface area contributed by atoms with Crippen molar-refractivity contribution >= 4 is 0 Å². The van der Waals surface area contributed by atoms with Gasteiger partial charge >= 0.3 is 6.18 Å². The summed E-state index contributed by atoms with van der Waals surface area (Å²) in [5.41, 5.74) is -0.150. The molecule has 2 heterocycles. The molecule has 21 heavy (non-hydrogen) atoms. The Balaban J connectivity index is 2.07. The molecule has 0 radical (unpaired) electrons. The molecule has 1 N–H and O–H groups in total. The lowest BCUT2D eigenvalue weighted by Gasteiger charge is -2.20. The van der Waals surface area contributed by atoms with Crippen LogP contribution in [0.25, 0.3) is 0 Å². The molecule has 0 saturated heterocycles. The number of hydrogen-bond acceptors (Lipinski definition) is 3. The van der Waals surface area contributed by atoms with Crippen LogP contribution >= 0.6 is 0 Å². The van der Waals surface area contributed by atoms with E-state index in [-0.39, 0.29) is 12.1 Å². The molecule has 116 valence electrons. The van der Waals surface area contributed by atoms with Gasteiger partial charge in [0, 0.05) is 17.3 Å². The Morgan fingerprint density at radius 2 is 1.95 bits per heavy atom. The zero-order valence-corrected chi connectivity index (χ0v) is 12.2. The normalized spacial score (nSPS) is 12.9. The van der Waals surface area contributed by atoms with E-state index in [9.17, 15) is 13.2 Å². The highest BCUT2D eigenvalue weighted by Gasteiger charge is 2.33. The third-order valence-corrected chi connectivity index (χ3v) is 2.88. The van der Waals surface area contributed by atoms with Crippen LogP contribution in [0.4, 0.5) is 13.2 Å². The van der Waals surface area contributed by atoms with E-state index in [1.54, 1.807) is 6.07 Å². The SMILES string of the molecule is CC(C)(C)NCc1occc1Cn1ccc(C(F)(F)F)n1. The highest BCUT2D eigenvalue weighted by atomic mass is 19.4. The Morgan fingerprint density at radius 3 is 2.52 bits per heavy atom. The molecule has 0 saturated carbocycles. The molecule has 0 aliphatic heterocycles. The van der Waals surface area contributed by atoms with E-state index in [0.717, 1.165) is 11.6 Å². The van der Waals surface area contributed by atoms with Crippen molar-refractivity contribution in [1.82, 2.24) is 15.1 Å². The summed E-state index contributed by atoms with van der Waals surface area (Å²) in [4.78, 5) is 0. The Hall–Kier alpha value is -1.76. The van der Waals surface area contributed by atoms with Gasteiger partial charge in [-0.15, -0.1) is 0 Å². The topological polar surface area (TPSA) is 43.0 Å². The van der Waals surface area contributed by atoms with Crippen LogP contribution in [0.1, 0.15) is 37.8 Å². The van der Waals surface area contributed by atoms with Crippen molar-refractivity contribution in [2.75, 3.05) is 0 Å². The van der Waals surface area contributed by atoms with Crippen LogP contribution < -0.4 is 5.32 Å². The van der Waals surface area contributed by atoms with Gasteiger partial charge in [-0.3, -0.25) is 4.68 Å². The molecule has 2 aromatic rings. The van der Waals surface area contributed by atoms with Gasteiger partial charge in [0.1, 0.15) is 5.76 Å². The van der Waals surface area contributed by atoms with Crippen molar-refractivity contribution in [2.45, 2.75) is 45.6 Å². The van der Waals surface area contributed by atoms with Crippen LogP contribution in [0, 0.1) is 0 Å². The van der Waals surface area contributed by atoms with Gasteiger partial charge in [0.2, 0.25) is 0 Å². The summed E-state index contributed by atoms with van der Waals surface area (Å²) >= 11 is 0. The van der Waals surface area contributed by atoms with Crippen molar-refractivity contribution in [2.24, 2.45) is 0 Å². The lowest BCUT2D eigenvalue weighted by molar-refractivity contribution is -0.141. The van der Waals surface area contributed by atoms with Gasteiger partial charge in [-0.2, -0.15) is 18.3 Å². The van der Waals surface area contributed by atoms with E-state index in [1.165, 1.54) is 17.1 Å². The zero-order valence-electron chi connectivity index (χ0n) is 12.2. The number of rotatable bonds is 4. The molecule has 0 aromatic carbocycles. The molecular formula is C14H18F3N3O. The summed E-state index contributed by atoms with van der Waals surface area (Å²) in [6, 6.07) is 2.71. The second-order valence-electron chi connectivity index (χ2n) is 5.87. The van der Waals surface area contributed by atoms with E-state index in [4.69, 9.17) is 4.42 Å². The minimum Gasteiger partial charge on any atom is -0.468 e. The van der Waals surface area contributed by atoms with Gasteiger partial charge in [-0.1, -0.05) is 0 Å².